The third kappa shape index (κ3) is 1.75. The molecule has 4 N–H and O–H groups in total. The van der Waals surface area contributed by atoms with Crippen molar-refractivity contribution in [1.29, 1.82) is 0 Å². The minimum Gasteiger partial charge on any atom is -0.368 e. The first-order valence-electron chi connectivity index (χ1n) is 3.16. The number of hydrogen-bond donors (Lipinski definition) is 2. The summed E-state index contributed by atoms with van der Waals surface area (Å²) < 4.78 is 0. The van der Waals surface area contributed by atoms with Crippen molar-refractivity contribution >= 4 is 5.91 Å². The lowest BCUT2D eigenvalue weighted by Crippen LogP contribution is -2.28. The second kappa shape index (κ2) is 3.12. The van der Waals surface area contributed by atoms with Gasteiger partial charge in [-0.05, 0) is 17.7 Å². The molecule has 0 bridgehead atoms. The molecule has 0 aliphatic heterocycles. The quantitative estimate of drug-likeness (QED) is 0.601. The molecule has 0 spiro atoms. The van der Waals surface area contributed by atoms with E-state index < -0.39 is 11.9 Å². The van der Waals surface area contributed by atoms with E-state index >= 15 is 0 Å². The Morgan fingerprint density at radius 1 is 1.45 bits per heavy atom. The van der Waals surface area contributed by atoms with E-state index in [-0.39, 0.29) is 0 Å². The molecule has 0 saturated heterocycles. The van der Waals surface area contributed by atoms with Crippen molar-refractivity contribution in [2.45, 2.75) is 6.04 Å². The van der Waals surface area contributed by atoms with Gasteiger partial charge in [0.1, 0.15) is 6.04 Å². The van der Waals surface area contributed by atoms with Gasteiger partial charge < -0.3 is 11.5 Å². The van der Waals surface area contributed by atoms with Crippen molar-refractivity contribution in [3.05, 3.63) is 30.1 Å². The fourth-order valence-corrected chi connectivity index (χ4v) is 0.735. The Balaban J connectivity index is 2.85. The first-order valence-corrected chi connectivity index (χ1v) is 3.16. The third-order valence-corrected chi connectivity index (χ3v) is 1.37. The Labute approximate surface area is 64.2 Å². The van der Waals surface area contributed by atoms with Gasteiger partial charge >= 0.3 is 0 Å². The molecule has 1 amide bonds. The molecule has 1 aromatic rings. The van der Waals surface area contributed by atoms with Crippen LogP contribution in [0.5, 0.6) is 0 Å². The summed E-state index contributed by atoms with van der Waals surface area (Å²) in [5, 5.41) is 0. The van der Waals surface area contributed by atoms with E-state index in [9.17, 15) is 4.79 Å². The SMILES string of the molecule is NC(=O)[C@H](N)c1ccncc1. The zero-order chi connectivity index (χ0) is 8.27. The number of rotatable bonds is 2. The highest BCUT2D eigenvalue weighted by Crippen LogP contribution is 2.06. The summed E-state index contributed by atoms with van der Waals surface area (Å²) in [6.45, 7) is 0. The zero-order valence-electron chi connectivity index (χ0n) is 5.90. The van der Waals surface area contributed by atoms with Crippen molar-refractivity contribution in [2.24, 2.45) is 11.5 Å². The van der Waals surface area contributed by atoms with Gasteiger partial charge in [0.05, 0.1) is 0 Å². The normalized spacial score (nSPS) is 12.5. The van der Waals surface area contributed by atoms with Crippen LogP contribution in [0.1, 0.15) is 11.6 Å². The average molecular weight is 151 g/mol. The number of nitrogens with zero attached hydrogens (tertiary/aromatic N) is 1. The predicted molar refractivity (Wildman–Crippen MR) is 40.4 cm³/mol. The Kier molecular flexibility index (Phi) is 2.18. The van der Waals surface area contributed by atoms with Gasteiger partial charge in [-0.1, -0.05) is 0 Å². The Hall–Kier alpha value is -1.42. The van der Waals surface area contributed by atoms with Crippen LogP contribution in [0.15, 0.2) is 24.5 Å². The second-order valence-electron chi connectivity index (χ2n) is 2.16. The predicted octanol–water partition coefficient (Wildman–Crippen LogP) is -0.433. The Morgan fingerprint density at radius 3 is 2.45 bits per heavy atom. The smallest absolute Gasteiger partial charge is 0.238 e. The molecule has 0 fully saturated rings. The molecule has 1 heterocycles. The minimum absolute atomic E-state index is 0.531. The summed E-state index contributed by atoms with van der Waals surface area (Å²) in [5.41, 5.74) is 11.1. The van der Waals surface area contributed by atoms with Crippen LogP contribution in [-0.4, -0.2) is 10.9 Å². The van der Waals surface area contributed by atoms with E-state index in [0.717, 1.165) is 0 Å². The van der Waals surface area contributed by atoms with Crippen molar-refractivity contribution in [1.82, 2.24) is 4.98 Å². The number of nitrogens with two attached hydrogens (primary N) is 2. The Morgan fingerprint density at radius 2 is 2.00 bits per heavy atom. The number of amides is 1. The van der Waals surface area contributed by atoms with Crippen LogP contribution < -0.4 is 11.5 Å². The molecule has 1 aromatic heterocycles. The topological polar surface area (TPSA) is 82.0 Å². The molecule has 0 radical (unpaired) electrons. The number of primary amides is 1. The van der Waals surface area contributed by atoms with Crippen LogP contribution in [0.25, 0.3) is 0 Å². The number of carbonyl (C=O) groups excluding carboxylic acids is 1. The molecule has 0 aliphatic rings. The molecule has 4 heteroatoms. The van der Waals surface area contributed by atoms with E-state index in [1.54, 1.807) is 24.5 Å². The maximum atomic E-state index is 10.6. The maximum absolute atomic E-state index is 10.6. The van der Waals surface area contributed by atoms with Crippen LogP contribution in [0.4, 0.5) is 0 Å². The molecule has 4 nitrogen and oxygen atoms in total. The molecule has 0 aromatic carbocycles. The molecule has 0 saturated carbocycles. The van der Waals surface area contributed by atoms with Gasteiger partial charge in [0, 0.05) is 12.4 Å². The van der Waals surface area contributed by atoms with Crippen molar-refractivity contribution in [2.75, 3.05) is 0 Å². The van der Waals surface area contributed by atoms with Gasteiger partial charge in [0.25, 0.3) is 0 Å². The average Bonchev–Trinajstić information content (AvgIpc) is 2.05. The van der Waals surface area contributed by atoms with E-state index in [1.165, 1.54) is 0 Å². The zero-order valence-corrected chi connectivity index (χ0v) is 5.90. The molecular formula is C7H9N3O. The van der Waals surface area contributed by atoms with Gasteiger partial charge in [0.2, 0.25) is 5.91 Å². The van der Waals surface area contributed by atoms with Crippen LogP contribution >= 0.6 is 0 Å². The minimum atomic E-state index is -0.724. The maximum Gasteiger partial charge on any atom is 0.238 e. The molecule has 0 unspecified atom stereocenters. The summed E-state index contributed by atoms with van der Waals surface area (Å²) in [7, 11) is 0. The monoisotopic (exact) mass is 151 g/mol. The fraction of sp³-hybridized carbons (Fsp3) is 0.143. The van der Waals surface area contributed by atoms with Gasteiger partial charge in [-0.3, -0.25) is 9.78 Å². The van der Waals surface area contributed by atoms with E-state index in [4.69, 9.17) is 11.5 Å². The highest BCUT2D eigenvalue weighted by Gasteiger charge is 2.10. The van der Waals surface area contributed by atoms with Crippen molar-refractivity contribution < 1.29 is 4.79 Å². The third-order valence-electron chi connectivity index (χ3n) is 1.37. The van der Waals surface area contributed by atoms with E-state index in [0.29, 0.717) is 5.56 Å². The van der Waals surface area contributed by atoms with Crippen molar-refractivity contribution in [3.63, 3.8) is 0 Å². The molecule has 0 aliphatic carbocycles. The summed E-state index contributed by atoms with van der Waals surface area (Å²) >= 11 is 0. The number of carbonyl (C=O) groups is 1. The van der Waals surface area contributed by atoms with Gasteiger partial charge in [-0.25, -0.2) is 0 Å². The van der Waals surface area contributed by atoms with Crippen LogP contribution in [0.2, 0.25) is 0 Å². The molecule has 58 valence electrons. The highest BCUT2D eigenvalue weighted by atomic mass is 16.1. The second-order valence-corrected chi connectivity index (χ2v) is 2.16. The van der Waals surface area contributed by atoms with Crippen LogP contribution in [-0.2, 0) is 4.79 Å². The number of hydrogen-bond acceptors (Lipinski definition) is 3. The Bertz CT molecular complexity index is 247. The van der Waals surface area contributed by atoms with Crippen LogP contribution in [0, 0.1) is 0 Å². The standard InChI is InChI=1S/C7H9N3O/c8-6(7(9)11)5-1-3-10-4-2-5/h1-4,6H,8H2,(H2,9,11)/t6-/m1/s1. The highest BCUT2D eigenvalue weighted by molar-refractivity contribution is 5.81. The summed E-state index contributed by atoms with van der Waals surface area (Å²) in [6, 6.07) is 2.60. The first kappa shape index (κ1) is 7.68. The van der Waals surface area contributed by atoms with Gasteiger partial charge in [0.15, 0.2) is 0 Å². The van der Waals surface area contributed by atoms with E-state index in [2.05, 4.69) is 4.98 Å². The number of aromatic nitrogens is 1. The molecular weight excluding hydrogens is 142 g/mol. The summed E-state index contributed by atoms with van der Waals surface area (Å²) in [6.07, 6.45) is 3.14. The summed E-state index contributed by atoms with van der Waals surface area (Å²) in [5.74, 6) is -0.531. The first-order chi connectivity index (χ1) is 5.22. The van der Waals surface area contributed by atoms with Gasteiger partial charge in [-0.2, -0.15) is 0 Å². The number of pyridine rings is 1. The van der Waals surface area contributed by atoms with Gasteiger partial charge in [-0.15, -0.1) is 0 Å². The van der Waals surface area contributed by atoms with E-state index in [1.807, 2.05) is 0 Å². The lowest BCUT2D eigenvalue weighted by Gasteiger charge is -2.05. The summed E-state index contributed by atoms with van der Waals surface area (Å²) in [4.78, 5) is 14.4. The van der Waals surface area contributed by atoms with Crippen LogP contribution in [0.3, 0.4) is 0 Å². The lowest BCUT2D eigenvalue weighted by atomic mass is 10.1. The molecule has 1 atom stereocenters. The molecule has 1 rings (SSSR count). The largest absolute Gasteiger partial charge is 0.368 e. The lowest BCUT2D eigenvalue weighted by molar-refractivity contribution is -0.119. The fourth-order valence-electron chi connectivity index (χ4n) is 0.735. The molecule has 11 heavy (non-hydrogen) atoms. The van der Waals surface area contributed by atoms with Crippen molar-refractivity contribution in [3.8, 4) is 0 Å².